The Hall–Kier alpha value is -2.51. The van der Waals surface area contributed by atoms with Crippen molar-refractivity contribution in [1.82, 2.24) is 14.8 Å². The summed E-state index contributed by atoms with van der Waals surface area (Å²) in [6.45, 7) is 4.37. The van der Waals surface area contributed by atoms with Crippen LogP contribution in [0.1, 0.15) is 17.0 Å². The number of nitrogens with one attached hydrogen (secondary N) is 1. The summed E-state index contributed by atoms with van der Waals surface area (Å²) in [5, 5.41) is 12.4. The van der Waals surface area contributed by atoms with Crippen LogP contribution in [0.25, 0.3) is 0 Å². The van der Waals surface area contributed by atoms with Crippen LogP contribution in [0, 0.1) is 13.8 Å². The van der Waals surface area contributed by atoms with E-state index >= 15 is 0 Å². The lowest BCUT2D eigenvalue weighted by atomic mass is 10.1. The van der Waals surface area contributed by atoms with Crippen LogP contribution < -0.4 is 10.1 Å². The number of nitrogens with zero attached hydrogens (tertiary/aromatic N) is 3. The van der Waals surface area contributed by atoms with Crippen molar-refractivity contribution in [3.8, 4) is 5.75 Å². The van der Waals surface area contributed by atoms with Gasteiger partial charge in [-0.2, -0.15) is 0 Å². The van der Waals surface area contributed by atoms with E-state index in [1.165, 1.54) is 17.3 Å². The zero-order valence-electron chi connectivity index (χ0n) is 15.9. The van der Waals surface area contributed by atoms with Gasteiger partial charge >= 0.3 is 0 Å². The molecule has 28 heavy (non-hydrogen) atoms. The molecule has 0 bridgehead atoms. The average Bonchev–Trinajstić information content (AvgIpc) is 3.01. The van der Waals surface area contributed by atoms with Gasteiger partial charge in [0.2, 0.25) is 5.91 Å². The van der Waals surface area contributed by atoms with Gasteiger partial charge in [0.25, 0.3) is 0 Å². The number of hydrogen-bond acceptors (Lipinski definition) is 5. The van der Waals surface area contributed by atoms with Gasteiger partial charge in [-0.1, -0.05) is 41.1 Å². The number of aryl methyl sites for hydroxylation is 2. The Bertz CT molecular complexity index is 973. The zero-order chi connectivity index (χ0) is 20.1. The van der Waals surface area contributed by atoms with Crippen LogP contribution in [0.5, 0.6) is 5.75 Å². The molecular weight excluding hydrogens is 396 g/mol. The van der Waals surface area contributed by atoms with Crippen molar-refractivity contribution in [1.29, 1.82) is 0 Å². The van der Waals surface area contributed by atoms with Crippen molar-refractivity contribution in [3.63, 3.8) is 0 Å². The van der Waals surface area contributed by atoms with E-state index in [-0.39, 0.29) is 11.7 Å². The minimum Gasteiger partial charge on any atom is -0.485 e. The molecule has 0 fully saturated rings. The third-order valence-corrected chi connectivity index (χ3v) is 5.34. The quantitative estimate of drug-likeness (QED) is 0.578. The first-order valence-corrected chi connectivity index (χ1v) is 10.1. The van der Waals surface area contributed by atoms with Gasteiger partial charge in [-0.3, -0.25) is 4.79 Å². The summed E-state index contributed by atoms with van der Waals surface area (Å²) in [4.78, 5) is 12.1. The molecule has 0 unspecified atom stereocenters. The molecule has 146 valence electrons. The molecule has 3 aromatic rings. The summed E-state index contributed by atoms with van der Waals surface area (Å²) >= 11 is 7.17. The first-order valence-electron chi connectivity index (χ1n) is 8.69. The molecule has 6 nitrogen and oxygen atoms in total. The van der Waals surface area contributed by atoms with Gasteiger partial charge in [0.1, 0.15) is 12.4 Å². The molecule has 0 aliphatic carbocycles. The standard InChI is InChI=1S/C20H21ClN4O2S/c1-13-4-9-17(14(2)10-13)27-11-18-23-24-20(25(18)3)28-12-19(26)22-16-7-5-15(21)6-8-16/h4-10H,11-12H2,1-3H3,(H,22,26). The molecule has 0 atom stereocenters. The number of thioether (sulfide) groups is 1. The fraction of sp³-hybridized carbons (Fsp3) is 0.250. The van der Waals surface area contributed by atoms with Gasteiger partial charge in [-0.05, 0) is 49.7 Å². The zero-order valence-corrected chi connectivity index (χ0v) is 17.5. The van der Waals surface area contributed by atoms with Crippen molar-refractivity contribution in [2.24, 2.45) is 7.05 Å². The monoisotopic (exact) mass is 416 g/mol. The minimum absolute atomic E-state index is 0.122. The fourth-order valence-corrected chi connectivity index (χ4v) is 3.42. The molecule has 0 aliphatic heterocycles. The van der Waals surface area contributed by atoms with Gasteiger partial charge in [0.15, 0.2) is 11.0 Å². The summed E-state index contributed by atoms with van der Waals surface area (Å²) in [5.41, 5.74) is 2.98. The maximum absolute atomic E-state index is 12.1. The maximum atomic E-state index is 12.1. The maximum Gasteiger partial charge on any atom is 0.234 e. The number of amides is 1. The first-order chi connectivity index (χ1) is 13.4. The van der Waals surface area contributed by atoms with E-state index in [0.29, 0.717) is 28.3 Å². The van der Waals surface area contributed by atoms with E-state index in [2.05, 4.69) is 21.6 Å². The Morgan fingerprint density at radius 1 is 1.18 bits per heavy atom. The Morgan fingerprint density at radius 2 is 1.93 bits per heavy atom. The lowest BCUT2D eigenvalue weighted by Gasteiger charge is -2.09. The Morgan fingerprint density at radius 3 is 2.64 bits per heavy atom. The Balaban J connectivity index is 1.54. The summed E-state index contributed by atoms with van der Waals surface area (Å²) in [6, 6.07) is 13.0. The highest BCUT2D eigenvalue weighted by atomic mass is 35.5. The van der Waals surface area contributed by atoms with E-state index < -0.39 is 0 Å². The van der Waals surface area contributed by atoms with Crippen LogP contribution in [-0.2, 0) is 18.4 Å². The van der Waals surface area contributed by atoms with E-state index in [1.807, 2.05) is 37.6 Å². The second-order valence-electron chi connectivity index (χ2n) is 6.36. The fourth-order valence-electron chi connectivity index (χ4n) is 2.56. The third-order valence-electron chi connectivity index (χ3n) is 4.07. The predicted octanol–water partition coefficient (Wildman–Crippen LogP) is 4.40. The van der Waals surface area contributed by atoms with Crippen molar-refractivity contribution in [3.05, 3.63) is 64.4 Å². The molecule has 3 rings (SSSR count). The second-order valence-corrected chi connectivity index (χ2v) is 7.74. The first kappa shape index (κ1) is 20.2. The van der Waals surface area contributed by atoms with Crippen molar-refractivity contribution < 1.29 is 9.53 Å². The minimum atomic E-state index is -0.122. The van der Waals surface area contributed by atoms with E-state index in [1.54, 1.807) is 24.3 Å². The van der Waals surface area contributed by atoms with E-state index in [9.17, 15) is 4.79 Å². The normalized spacial score (nSPS) is 10.7. The molecule has 1 N–H and O–H groups in total. The third kappa shape index (κ3) is 5.27. The highest BCUT2D eigenvalue weighted by molar-refractivity contribution is 7.99. The summed E-state index contributed by atoms with van der Waals surface area (Å²) in [7, 11) is 1.86. The molecule has 0 radical (unpaired) electrons. The lowest BCUT2D eigenvalue weighted by Crippen LogP contribution is -2.14. The number of aromatic nitrogens is 3. The summed E-state index contributed by atoms with van der Waals surface area (Å²) in [6.07, 6.45) is 0. The van der Waals surface area contributed by atoms with E-state index in [4.69, 9.17) is 16.3 Å². The number of benzene rings is 2. The highest BCUT2D eigenvalue weighted by Crippen LogP contribution is 2.21. The van der Waals surface area contributed by atoms with Crippen LogP contribution in [0.2, 0.25) is 5.02 Å². The number of carbonyl (C=O) groups is 1. The van der Waals surface area contributed by atoms with Crippen LogP contribution in [0.4, 0.5) is 5.69 Å². The molecule has 0 spiro atoms. The molecule has 0 saturated heterocycles. The van der Waals surface area contributed by atoms with Crippen LogP contribution in [-0.4, -0.2) is 26.4 Å². The largest absolute Gasteiger partial charge is 0.485 e. The number of ether oxygens (including phenoxy) is 1. The number of anilines is 1. The molecule has 2 aromatic carbocycles. The van der Waals surface area contributed by atoms with E-state index in [0.717, 1.165) is 11.3 Å². The van der Waals surface area contributed by atoms with Gasteiger partial charge in [0.05, 0.1) is 5.75 Å². The SMILES string of the molecule is Cc1ccc(OCc2nnc(SCC(=O)Nc3ccc(Cl)cc3)n2C)c(C)c1. The van der Waals surface area contributed by atoms with Crippen molar-refractivity contribution in [2.45, 2.75) is 25.6 Å². The van der Waals surface area contributed by atoms with Crippen molar-refractivity contribution in [2.75, 3.05) is 11.1 Å². The number of halogens is 1. The van der Waals surface area contributed by atoms with Gasteiger partial charge in [-0.15, -0.1) is 10.2 Å². The average molecular weight is 417 g/mol. The molecule has 1 amide bonds. The molecule has 1 aromatic heterocycles. The van der Waals surface area contributed by atoms with Gasteiger partial charge < -0.3 is 14.6 Å². The number of hydrogen-bond donors (Lipinski definition) is 1. The van der Waals surface area contributed by atoms with Crippen LogP contribution >= 0.6 is 23.4 Å². The number of carbonyl (C=O) groups excluding carboxylic acids is 1. The number of rotatable bonds is 7. The summed E-state index contributed by atoms with van der Waals surface area (Å²) < 4.78 is 7.70. The molecule has 8 heteroatoms. The predicted molar refractivity (Wildman–Crippen MR) is 112 cm³/mol. The summed E-state index contributed by atoms with van der Waals surface area (Å²) in [5.74, 6) is 1.63. The topological polar surface area (TPSA) is 69.0 Å². The molecule has 1 heterocycles. The lowest BCUT2D eigenvalue weighted by molar-refractivity contribution is -0.113. The van der Waals surface area contributed by atoms with Gasteiger partial charge in [-0.25, -0.2) is 0 Å². The van der Waals surface area contributed by atoms with Crippen LogP contribution in [0.3, 0.4) is 0 Å². The highest BCUT2D eigenvalue weighted by Gasteiger charge is 2.12. The van der Waals surface area contributed by atoms with Gasteiger partial charge in [0, 0.05) is 17.8 Å². The molecule has 0 saturated carbocycles. The Kier molecular flexibility index (Phi) is 6.59. The van der Waals surface area contributed by atoms with Crippen LogP contribution in [0.15, 0.2) is 47.6 Å². The second kappa shape index (κ2) is 9.12. The molecule has 0 aliphatic rings. The molecular formula is C20H21ClN4O2S. The van der Waals surface area contributed by atoms with Crippen molar-refractivity contribution >= 4 is 35.0 Å². The Labute approximate surface area is 173 Å². The smallest absolute Gasteiger partial charge is 0.234 e.